The quantitative estimate of drug-likeness (QED) is 0.863. The second-order valence-electron chi connectivity index (χ2n) is 4.25. The number of alkyl halides is 3. The second-order valence-corrected chi connectivity index (χ2v) is 5.30. The molecule has 0 aliphatic rings. The fourth-order valence-corrected chi connectivity index (χ4v) is 2.81. The maximum Gasteiger partial charge on any atom is 0.471 e. The van der Waals surface area contributed by atoms with Crippen LogP contribution in [0.15, 0.2) is 18.2 Å². The van der Waals surface area contributed by atoms with E-state index in [0.29, 0.717) is 10.1 Å². The number of esters is 1. The molecular weight excluding hydrogens is 307 g/mol. The lowest BCUT2D eigenvalue weighted by atomic mass is 10.1. The molecule has 0 fully saturated rings. The first-order valence-corrected chi connectivity index (χ1v) is 6.55. The third kappa shape index (κ3) is 2.99. The highest BCUT2D eigenvalue weighted by Crippen LogP contribution is 2.37. The predicted molar refractivity (Wildman–Crippen MR) is 72.6 cm³/mol. The van der Waals surface area contributed by atoms with Crippen molar-refractivity contribution in [1.29, 1.82) is 0 Å². The number of carbonyl (C=O) groups excluding carboxylic acids is 2. The van der Waals surface area contributed by atoms with Crippen LogP contribution in [0.1, 0.15) is 15.2 Å². The van der Waals surface area contributed by atoms with Crippen LogP contribution < -0.4 is 5.32 Å². The number of amides is 1. The minimum atomic E-state index is -5.04. The monoisotopic (exact) mass is 317 g/mol. The van der Waals surface area contributed by atoms with Gasteiger partial charge in [0, 0.05) is 10.1 Å². The van der Waals surface area contributed by atoms with Crippen molar-refractivity contribution < 1.29 is 27.5 Å². The maximum atomic E-state index is 12.4. The van der Waals surface area contributed by atoms with E-state index in [1.165, 1.54) is 0 Å². The van der Waals surface area contributed by atoms with Crippen LogP contribution in [-0.2, 0) is 9.53 Å². The van der Waals surface area contributed by atoms with Gasteiger partial charge in [0.05, 0.1) is 12.8 Å². The molecule has 0 radical (unpaired) electrons. The van der Waals surface area contributed by atoms with E-state index in [1.54, 1.807) is 30.4 Å². The predicted octanol–water partition coefficient (Wildman–Crippen LogP) is 3.50. The molecule has 1 aromatic heterocycles. The van der Waals surface area contributed by atoms with Gasteiger partial charge in [0.2, 0.25) is 0 Å². The van der Waals surface area contributed by atoms with Gasteiger partial charge in [-0.15, -0.1) is 11.3 Å². The number of carbonyl (C=O) groups is 2. The molecule has 21 heavy (non-hydrogen) atoms. The number of hydrogen-bond donors (Lipinski definition) is 1. The summed E-state index contributed by atoms with van der Waals surface area (Å²) in [7, 11) is 1.12. The zero-order chi connectivity index (χ0) is 15.8. The van der Waals surface area contributed by atoms with Gasteiger partial charge in [-0.3, -0.25) is 4.79 Å². The Balaban J connectivity index is 2.59. The van der Waals surface area contributed by atoms with Crippen molar-refractivity contribution in [2.24, 2.45) is 0 Å². The minimum absolute atomic E-state index is 0.0734. The molecule has 0 saturated heterocycles. The summed E-state index contributed by atoms with van der Waals surface area (Å²) in [5.41, 5.74) is 0.618. The Hall–Kier alpha value is -2.09. The molecule has 0 saturated carbocycles. The number of fused-ring (bicyclic) bond motifs is 1. The summed E-state index contributed by atoms with van der Waals surface area (Å²) < 4.78 is 42.4. The fourth-order valence-electron chi connectivity index (χ4n) is 1.76. The van der Waals surface area contributed by atoms with Crippen LogP contribution in [0.5, 0.6) is 0 Å². The van der Waals surface area contributed by atoms with E-state index in [2.05, 4.69) is 4.74 Å². The summed E-state index contributed by atoms with van der Waals surface area (Å²) in [5, 5.41) is 2.13. The van der Waals surface area contributed by atoms with Crippen LogP contribution in [-0.4, -0.2) is 25.2 Å². The molecule has 2 rings (SSSR count). The molecule has 2 aromatic rings. The second kappa shape index (κ2) is 5.36. The van der Waals surface area contributed by atoms with Crippen LogP contribution in [0.2, 0.25) is 0 Å². The highest BCUT2D eigenvalue weighted by Gasteiger charge is 2.39. The van der Waals surface area contributed by atoms with Gasteiger partial charge in [0.25, 0.3) is 0 Å². The number of anilines is 1. The summed E-state index contributed by atoms with van der Waals surface area (Å²) in [4.78, 5) is 22.7. The lowest BCUT2D eigenvalue weighted by Gasteiger charge is -2.09. The molecule has 0 atom stereocenters. The van der Waals surface area contributed by atoms with Crippen LogP contribution in [0.25, 0.3) is 10.1 Å². The number of aryl methyl sites for hydroxylation is 1. The summed E-state index contributed by atoms with van der Waals surface area (Å²) in [6.07, 6.45) is -5.04. The molecular formula is C13H10F3NO3S. The number of nitrogens with one attached hydrogen (secondary N) is 1. The van der Waals surface area contributed by atoms with E-state index in [0.717, 1.165) is 24.0 Å². The van der Waals surface area contributed by atoms with Crippen LogP contribution in [0.3, 0.4) is 0 Å². The molecule has 4 nitrogen and oxygen atoms in total. The van der Waals surface area contributed by atoms with Gasteiger partial charge in [-0.05, 0) is 19.1 Å². The number of hydrogen-bond acceptors (Lipinski definition) is 4. The zero-order valence-electron chi connectivity index (χ0n) is 11.0. The summed E-state index contributed by atoms with van der Waals surface area (Å²) in [5.74, 6) is -2.93. The normalized spacial score (nSPS) is 11.5. The molecule has 0 bridgehead atoms. The van der Waals surface area contributed by atoms with Crippen molar-refractivity contribution in [1.82, 2.24) is 0 Å². The van der Waals surface area contributed by atoms with E-state index < -0.39 is 18.1 Å². The molecule has 0 unspecified atom stereocenters. The SMILES string of the molecule is COC(=O)c1sc2ccc(C)cc2c1NC(=O)C(F)(F)F. The summed E-state index contributed by atoms with van der Waals surface area (Å²) in [6.45, 7) is 1.75. The van der Waals surface area contributed by atoms with Gasteiger partial charge in [-0.1, -0.05) is 11.6 Å². The molecule has 112 valence electrons. The van der Waals surface area contributed by atoms with Crippen LogP contribution in [0.4, 0.5) is 18.9 Å². The van der Waals surface area contributed by atoms with Gasteiger partial charge in [0.15, 0.2) is 0 Å². The molecule has 0 aliphatic carbocycles. The van der Waals surface area contributed by atoms with Crippen molar-refractivity contribution in [2.75, 3.05) is 12.4 Å². The fraction of sp³-hybridized carbons (Fsp3) is 0.231. The third-order valence-corrected chi connectivity index (χ3v) is 3.86. The van der Waals surface area contributed by atoms with E-state index in [1.807, 2.05) is 0 Å². The van der Waals surface area contributed by atoms with Crippen LogP contribution >= 0.6 is 11.3 Å². The maximum absolute atomic E-state index is 12.4. The number of rotatable bonds is 2. The van der Waals surface area contributed by atoms with Crippen molar-refractivity contribution in [3.8, 4) is 0 Å². The van der Waals surface area contributed by atoms with Crippen molar-refractivity contribution in [2.45, 2.75) is 13.1 Å². The summed E-state index contributed by atoms with van der Waals surface area (Å²) in [6, 6.07) is 5.03. The standard InChI is InChI=1S/C13H10F3NO3S/c1-6-3-4-8-7(5-6)9(10(21-8)11(18)20-2)17-12(19)13(14,15)16/h3-5H,1-2H3,(H,17,19). The molecule has 1 N–H and O–H groups in total. The third-order valence-electron chi connectivity index (χ3n) is 2.71. The Morgan fingerprint density at radius 2 is 1.95 bits per heavy atom. The average Bonchev–Trinajstić information content (AvgIpc) is 2.75. The topological polar surface area (TPSA) is 55.4 Å². The molecule has 1 amide bonds. The molecule has 0 spiro atoms. The number of ether oxygens (including phenoxy) is 1. The highest BCUT2D eigenvalue weighted by atomic mass is 32.1. The number of halogens is 3. The lowest BCUT2D eigenvalue weighted by Crippen LogP contribution is -2.30. The van der Waals surface area contributed by atoms with E-state index >= 15 is 0 Å². The number of benzene rings is 1. The van der Waals surface area contributed by atoms with E-state index in [4.69, 9.17) is 0 Å². The van der Waals surface area contributed by atoms with Gasteiger partial charge in [-0.25, -0.2) is 4.79 Å². The number of thiophene rings is 1. The molecule has 0 aliphatic heterocycles. The smallest absolute Gasteiger partial charge is 0.465 e. The number of methoxy groups -OCH3 is 1. The van der Waals surface area contributed by atoms with Gasteiger partial charge in [-0.2, -0.15) is 13.2 Å². The first-order chi connectivity index (χ1) is 9.74. The Bertz CT molecular complexity index is 721. The first kappa shape index (κ1) is 15.3. The molecule has 8 heteroatoms. The van der Waals surface area contributed by atoms with Crippen LogP contribution in [0, 0.1) is 6.92 Å². The minimum Gasteiger partial charge on any atom is -0.465 e. The van der Waals surface area contributed by atoms with E-state index in [9.17, 15) is 22.8 Å². The van der Waals surface area contributed by atoms with Crippen molar-refractivity contribution >= 4 is 39.0 Å². The van der Waals surface area contributed by atoms with Gasteiger partial charge < -0.3 is 10.1 Å². The first-order valence-electron chi connectivity index (χ1n) is 5.73. The zero-order valence-corrected chi connectivity index (χ0v) is 11.8. The average molecular weight is 317 g/mol. The summed E-state index contributed by atoms with van der Waals surface area (Å²) >= 11 is 0.961. The Labute approximate surface area is 121 Å². The Morgan fingerprint density at radius 3 is 2.52 bits per heavy atom. The molecule has 1 heterocycles. The van der Waals surface area contributed by atoms with Gasteiger partial charge >= 0.3 is 18.1 Å². The lowest BCUT2D eigenvalue weighted by molar-refractivity contribution is -0.167. The van der Waals surface area contributed by atoms with Crippen molar-refractivity contribution in [3.63, 3.8) is 0 Å². The van der Waals surface area contributed by atoms with Crippen molar-refractivity contribution in [3.05, 3.63) is 28.6 Å². The van der Waals surface area contributed by atoms with E-state index in [-0.39, 0.29) is 10.6 Å². The molecule has 1 aromatic carbocycles. The van der Waals surface area contributed by atoms with Gasteiger partial charge in [0.1, 0.15) is 4.88 Å². The Morgan fingerprint density at radius 1 is 1.29 bits per heavy atom. The largest absolute Gasteiger partial charge is 0.471 e. The Kier molecular flexibility index (Phi) is 3.91. The highest BCUT2D eigenvalue weighted by molar-refractivity contribution is 7.21.